The standard InChI is InChI=1S/C21H16O3.C19H15BrO5.C19H16O5.C15H11BrO3.C15H12O3/c1-13-11-17(23)12-18-19(14-5-3-2-4-6-14)21(24-20(13)18)15-7-9-16(22)10-8-15;1-10-8-15(24-12(3)22)9-16-17(20)19(25-18(10)16)13-4-6-14(7-5-13)23-11(2)21;1-11-8-17(23-13(3)21)9-15-10-18(24-19(11)15)14-4-6-16(7-5-14)22-12(2)20;1-8-6-11(18)7-12-13(16)15(19-14(8)12)9-2-4-10(17)5-3-9;1-9-6-13(17)7-11-8-14(18-15(9)11)10-2-4-12(16)5-3-10/h2-12,22-23H,1H3;4-9H,1-3H3;4-10H,1-3H3;2-7,17-18H,1H3;2-8,16-17H,1H3. The Hall–Kier alpha value is -13.2. The van der Waals surface area contributed by atoms with Gasteiger partial charge in [0.25, 0.3) is 0 Å². The van der Waals surface area contributed by atoms with Gasteiger partial charge in [-0.2, -0.15) is 0 Å². The van der Waals surface area contributed by atoms with E-state index in [0.717, 1.165) is 136 Å². The Morgan fingerprint density at radius 1 is 0.282 bits per heavy atom. The molecule has 0 amide bonds. The molecule has 0 spiro atoms. The van der Waals surface area contributed by atoms with Crippen LogP contribution in [0.3, 0.4) is 0 Å². The Bertz CT molecular complexity index is 6100. The molecule has 6 N–H and O–H groups in total. The number of carbonyl (C=O) groups is 4. The topological polar surface area (TPSA) is 292 Å². The molecule has 0 fully saturated rings. The summed E-state index contributed by atoms with van der Waals surface area (Å²) in [5.41, 5.74) is 14.4. The van der Waals surface area contributed by atoms with E-state index in [1.807, 2.05) is 113 Å². The Morgan fingerprint density at radius 2 is 0.600 bits per heavy atom. The molecule has 0 saturated heterocycles. The van der Waals surface area contributed by atoms with E-state index in [9.17, 15) is 49.8 Å². The lowest BCUT2D eigenvalue weighted by Crippen LogP contribution is -2.01. The molecule has 0 radical (unpaired) electrons. The Balaban J connectivity index is 0.000000129. The summed E-state index contributed by atoms with van der Waals surface area (Å²) in [6.45, 7) is 14.9. The van der Waals surface area contributed by atoms with Crippen molar-refractivity contribution >= 4 is 111 Å². The minimum Gasteiger partial charge on any atom is -0.508 e. The van der Waals surface area contributed by atoms with E-state index in [2.05, 4.69) is 31.9 Å². The highest BCUT2D eigenvalue weighted by molar-refractivity contribution is 9.11. The molecule has 5 aromatic heterocycles. The molecule has 0 aliphatic carbocycles. The van der Waals surface area contributed by atoms with E-state index in [1.54, 1.807) is 146 Å². The largest absolute Gasteiger partial charge is 0.508 e. The van der Waals surface area contributed by atoms with Crippen LogP contribution in [0.25, 0.3) is 123 Å². The smallest absolute Gasteiger partial charge is 0.308 e. The first kappa shape index (κ1) is 76.4. The van der Waals surface area contributed by atoms with Crippen LogP contribution in [0.15, 0.2) is 255 Å². The molecule has 0 aliphatic rings. The number of hydrogen-bond donors (Lipinski definition) is 6. The number of furan rings is 5. The normalized spacial score (nSPS) is 10.9. The van der Waals surface area contributed by atoms with Crippen molar-refractivity contribution in [3.05, 3.63) is 261 Å². The average molecular weight is 1600 g/mol. The van der Waals surface area contributed by atoms with Gasteiger partial charge in [0.15, 0.2) is 0 Å². The lowest BCUT2D eigenvalue weighted by atomic mass is 9.98. The van der Waals surface area contributed by atoms with Crippen molar-refractivity contribution in [1.29, 1.82) is 0 Å². The maximum atomic E-state index is 11.2. The van der Waals surface area contributed by atoms with E-state index in [-0.39, 0.29) is 58.4 Å². The van der Waals surface area contributed by atoms with Gasteiger partial charge in [-0.1, -0.05) is 30.3 Å². The SMILES string of the molecule is CC(=O)Oc1ccc(-c2cc3cc(OC(C)=O)cc(C)c3o2)cc1.CC(=O)Oc1ccc(-c2oc3c(C)cc(OC(C)=O)cc3c2Br)cc1.Cc1cc(O)cc2c(-c3ccccc3)c(-c3ccc(O)cc3)oc12.Cc1cc(O)cc2c(Br)c(-c3ccc(O)cc3)oc12.Cc1cc(O)cc2cc(-c3ccc(O)cc3)oc12. The predicted molar refractivity (Wildman–Crippen MR) is 428 cm³/mol. The van der Waals surface area contributed by atoms with Crippen LogP contribution in [0.2, 0.25) is 0 Å². The fourth-order valence-electron chi connectivity index (χ4n) is 12.3. The summed E-state index contributed by atoms with van der Waals surface area (Å²) in [5.74, 6) is 5.22. The third-order valence-corrected chi connectivity index (χ3v) is 18.7. The van der Waals surface area contributed by atoms with Gasteiger partial charge in [0.1, 0.15) is 114 Å². The zero-order chi connectivity index (χ0) is 78.4. The van der Waals surface area contributed by atoms with Crippen molar-refractivity contribution in [2.75, 3.05) is 0 Å². The molecule has 0 atom stereocenters. The minimum atomic E-state index is -0.375. The van der Waals surface area contributed by atoms with Gasteiger partial charge in [0.2, 0.25) is 0 Å². The number of ether oxygens (including phenoxy) is 4. The molecular weight excluding hydrogens is 1530 g/mol. The van der Waals surface area contributed by atoms with Crippen LogP contribution in [0.1, 0.15) is 55.5 Å². The summed E-state index contributed by atoms with van der Waals surface area (Å²) in [6.07, 6.45) is 0. The molecule has 16 rings (SSSR count). The molecule has 0 bridgehead atoms. The molecule has 19 nitrogen and oxygen atoms in total. The first-order chi connectivity index (χ1) is 52.6. The van der Waals surface area contributed by atoms with Crippen LogP contribution in [0.5, 0.6) is 57.5 Å². The van der Waals surface area contributed by atoms with E-state index >= 15 is 0 Å². The van der Waals surface area contributed by atoms with Crippen molar-refractivity contribution in [3.63, 3.8) is 0 Å². The zero-order valence-corrected chi connectivity index (χ0v) is 63.8. The van der Waals surface area contributed by atoms with Gasteiger partial charge in [0, 0.05) is 88.0 Å². The number of aryl methyl sites for hydroxylation is 5. The number of phenols is 6. The number of halogens is 2. The fraction of sp³-hybridized carbons (Fsp3) is 0.101. The third-order valence-electron chi connectivity index (χ3n) is 17.1. The maximum Gasteiger partial charge on any atom is 0.308 e. The van der Waals surface area contributed by atoms with Gasteiger partial charge in [-0.3, -0.25) is 19.2 Å². The van der Waals surface area contributed by atoms with E-state index in [0.29, 0.717) is 45.9 Å². The van der Waals surface area contributed by atoms with Gasteiger partial charge in [-0.05, 0) is 294 Å². The second-order valence-electron chi connectivity index (χ2n) is 25.7. The molecule has 0 aliphatic heterocycles. The summed E-state index contributed by atoms with van der Waals surface area (Å²) in [6, 6.07) is 65.5. The molecule has 16 aromatic rings. The highest BCUT2D eigenvalue weighted by Gasteiger charge is 2.23. The molecule has 0 unspecified atom stereocenters. The molecule has 21 heteroatoms. The van der Waals surface area contributed by atoms with Crippen molar-refractivity contribution in [2.24, 2.45) is 0 Å². The number of rotatable bonds is 10. The number of hydrogen-bond acceptors (Lipinski definition) is 19. The predicted octanol–water partition coefficient (Wildman–Crippen LogP) is 23.2. The number of esters is 4. The molecule has 11 aromatic carbocycles. The first-order valence-corrected chi connectivity index (χ1v) is 35.7. The quantitative estimate of drug-likeness (QED) is 0.0548. The van der Waals surface area contributed by atoms with Crippen LogP contribution in [-0.2, 0) is 19.2 Å². The lowest BCUT2D eigenvalue weighted by molar-refractivity contribution is -0.132. The second-order valence-corrected chi connectivity index (χ2v) is 27.3. The Kier molecular flexibility index (Phi) is 22.8. The first-order valence-electron chi connectivity index (χ1n) is 34.2. The fourth-order valence-corrected chi connectivity index (χ4v) is 13.5. The highest BCUT2D eigenvalue weighted by Crippen LogP contribution is 2.46. The summed E-state index contributed by atoms with van der Waals surface area (Å²) in [5, 5.41) is 61.6. The molecule has 554 valence electrons. The third kappa shape index (κ3) is 17.7. The average Bonchev–Trinajstić information content (AvgIpc) is 1.62. The Morgan fingerprint density at radius 3 is 1.05 bits per heavy atom. The van der Waals surface area contributed by atoms with Gasteiger partial charge in [-0.25, -0.2) is 0 Å². The van der Waals surface area contributed by atoms with E-state index in [4.69, 9.17) is 41.0 Å². The van der Waals surface area contributed by atoms with E-state index in [1.165, 1.54) is 27.7 Å². The summed E-state index contributed by atoms with van der Waals surface area (Å²) in [4.78, 5) is 44.3. The van der Waals surface area contributed by atoms with Gasteiger partial charge in [0.05, 0.1) is 8.95 Å². The van der Waals surface area contributed by atoms with Crippen LogP contribution in [0, 0.1) is 34.6 Å². The number of phenolic OH excluding ortho intramolecular Hbond substituents is 6. The molecule has 5 heterocycles. The zero-order valence-electron chi connectivity index (χ0n) is 60.6. The van der Waals surface area contributed by atoms with Crippen molar-refractivity contribution in [1.82, 2.24) is 0 Å². The van der Waals surface area contributed by atoms with Gasteiger partial charge in [-0.15, -0.1) is 0 Å². The van der Waals surface area contributed by atoms with Crippen molar-refractivity contribution in [3.8, 4) is 125 Å². The summed E-state index contributed by atoms with van der Waals surface area (Å²) >= 11 is 7.07. The van der Waals surface area contributed by atoms with Crippen molar-refractivity contribution < 1.29 is 90.9 Å². The maximum absolute atomic E-state index is 11.2. The molecule has 0 saturated carbocycles. The van der Waals surface area contributed by atoms with Crippen LogP contribution in [-0.4, -0.2) is 54.5 Å². The lowest BCUT2D eigenvalue weighted by Gasteiger charge is -2.04. The van der Waals surface area contributed by atoms with Crippen LogP contribution in [0.4, 0.5) is 0 Å². The molecule has 110 heavy (non-hydrogen) atoms. The molecular formula is C89H70Br2O19. The number of carbonyl (C=O) groups excluding carboxylic acids is 4. The number of aromatic hydroxyl groups is 6. The van der Waals surface area contributed by atoms with Gasteiger partial charge >= 0.3 is 23.9 Å². The van der Waals surface area contributed by atoms with Crippen LogP contribution >= 0.6 is 31.9 Å². The number of fused-ring (bicyclic) bond motifs is 5. The van der Waals surface area contributed by atoms with Crippen LogP contribution < -0.4 is 18.9 Å². The van der Waals surface area contributed by atoms with Crippen molar-refractivity contribution in [2.45, 2.75) is 62.3 Å². The second kappa shape index (κ2) is 32.9. The summed E-state index contributed by atoms with van der Waals surface area (Å²) in [7, 11) is 0. The highest BCUT2D eigenvalue weighted by atomic mass is 79.9. The Labute approximate surface area is 646 Å². The van der Waals surface area contributed by atoms with E-state index < -0.39 is 0 Å². The minimum absolute atomic E-state index is 0.212. The summed E-state index contributed by atoms with van der Waals surface area (Å²) < 4.78 is 51.7. The number of benzene rings is 11. The van der Waals surface area contributed by atoms with Gasteiger partial charge < -0.3 is 71.7 Å². The monoisotopic (exact) mass is 1600 g/mol.